The van der Waals surface area contributed by atoms with E-state index in [0.717, 1.165) is 11.3 Å². The second-order valence-corrected chi connectivity index (χ2v) is 5.20. The van der Waals surface area contributed by atoms with Crippen LogP contribution in [0.4, 0.5) is 5.69 Å². The fourth-order valence-electron chi connectivity index (χ4n) is 2.17. The fourth-order valence-corrected chi connectivity index (χ4v) is 2.17. The molecule has 1 atom stereocenters. The number of benzene rings is 2. The van der Waals surface area contributed by atoms with E-state index in [4.69, 9.17) is 0 Å². The predicted molar refractivity (Wildman–Crippen MR) is 87.4 cm³/mol. The topological polar surface area (TPSA) is 32.1 Å². The Labute approximate surface area is 125 Å². The highest BCUT2D eigenvalue weighted by molar-refractivity contribution is 6.05. The molecule has 0 radical (unpaired) electrons. The van der Waals surface area contributed by atoms with Crippen LogP contribution in [0.1, 0.15) is 10.4 Å². The lowest BCUT2D eigenvalue weighted by atomic mass is 9.98. The van der Waals surface area contributed by atoms with Crippen molar-refractivity contribution in [1.29, 1.82) is 0 Å². The monoisotopic (exact) mass is 281 g/mol. The number of ketones is 1. The van der Waals surface area contributed by atoms with Gasteiger partial charge in [0.05, 0.1) is 0 Å². The number of rotatable bonds is 6. The Kier molecular flexibility index (Phi) is 5.27. The number of nitrogens with zero attached hydrogens (tertiary/aromatic N) is 1. The van der Waals surface area contributed by atoms with Gasteiger partial charge in [-0.15, -0.1) is 0 Å². The zero-order valence-corrected chi connectivity index (χ0v) is 12.5. The molecule has 2 aromatic rings. The van der Waals surface area contributed by atoms with Crippen molar-refractivity contribution < 1.29 is 9.37 Å². The van der Waals surface area contributed by atoms with Crippen LogP contribution in [-0.4, -0.2) is 37.2 Å². The van der Waals surface area contributed by atoms with E-state index in [0.29, 0.717) is 6.54 Å². The van der Waals surface area contributed by atoms with E-state index in [9.17, 15) is 4.79 Å². The van der Waals surface area contributed by atoms with Gasteiger partial charge >= 0.3 is 0 Å². The largest absolute Gasteiger partial charge is 0.384 e. The number of anilines is 1. The Hall–Kier alpha value is -2.42. The van der Waals surface area contributed by atoms with E-state index in [2.05, 4.69) is 5.32 Å². The number of nitrogens with one attached hydrogen (secondary N) is 1. The van der Waals surface area contributed by atoms with Gasteiger partial charge in [-0.2, -0.15) is 0 Å². The number of Topliss-reactive ketones (excluding diaryl/α,β-unsaturated/α-hetero) is 1. The second-order valence-electron chi connectivity index (χ2n) is 5.20. The average Bonchev–Trinajstić information content (AvgIpc) is 2.52. The van der Waals surface area contributed by atoms with Crippen molar-refractivity contribution in [1.82, 2.24) is 0 Å². The van der Waals surface area contributed by atoms with Crippen molar-refractivity contribution in [2.75, 3.05) is 26.0 Å². The summed E-state index contributed by atoms with van der Waals surface area (Å²) in [5, 5.41) is 3.32. The molecule has 3 nitrogen and oxygen atoms in total. The average molecular weight is 281 g/mol. The maximum atomic E-state index is 12.6. The summed E-state index contributed by atoms with van der Waals surface area (Å²) in [7, 11) is 3.88. The third kappa shape index (κ3) is 4.56. The van der Waals surface area contributed by atoms with Gasteiger partial charge in [0.1, 0.15) is 20.0 Å². The highest BCUT2D eigenvalue weighted by Crippen LogP contribution is 2.10. The number of para-hydroxylation sites is 1. The molecule has 0 spiro atoms. The summed E-state index contributed by atoms with van der Waals surface area (Å²) in [5.41, 5.74) is 1.77. The summed E-state index contributed by atoms with van der Waals surface area (Å²) in [4.78, 5) is 12.6. The van der Waals surface area contributed by atoms with Crippen LogP contribution in [0.3, 0.4) is 0 Å². The first-order valence-electron chi connectivity index (χ1n) is 7.06. The number of hydrogen-bond acceptors (Lipinski definition) is 2. The van der Waals surface area contributed by atoms with Crippen LogP contribution in [0.15, 0.2) is 60.7 Å². The first-order valence-corrected chi connectivity index (χ1v) is 7.06. The lowest BCUT2D eigenvalue weighted by Crippen LogP contribution is -2.27. The lowest BCUT2D eigenvalue weighted by molar-refractivity contribution is -0.461. The van der Waals surface area contributed by atoms with Gasteiger partial charge in [-0.25, -0.2) is 4.58 Å². The molecule has 0 aliphatic heterocycles. The smallest absolute Gasteiger partial charge is 0.177 e. The molecule has 0 bridgehead atoms. The van der Waals surface area contributed by atoms with E-state index in [1.54, 1.807) is 0 Å². The van der Waals surface area contributed by atoms with Gasteiger partial charge in [-0.3, -0.25) is 4.79 Å². The summed E-state index contributed by atoms with van der Waals surface area (Å²) >= 11 is 0. The van der Waals surface area contributed by atoms with Crippen molar-refractivity contribution in [2.24, 2.45) is 5.92 Å². The Bertz CT molecular complexity index is 602. The zero-order chi connectivity index (χ0) is 15.1. The van der Waals surface area contributed by atoms with Gasteiger partial charge in [0.25, 0.3) is 0 Å². The third-order valence-corrected chi connectivity index (χ3v) is 3.17. The Morgan fingerprint density at radius 1 is 1.05 bits per heavy atom. The molecular formula is C18H21N2O+. The number of carbonyl (C=O) groups excluding carboxylic acids is 1. The lowest BCUT2D eigenvalue weighted by Gasteiger charge is -2.12. The minimum Gasteiger partial charge on any atom is -0.384 e. The number of carbonyl (C=O) groups is 1. The molecule has 0 aliphatic carbocycles. The maximum Gasteiger partial charge on any atom is 0.177 e. The normalized spacial score (nSPS) is 11.5. The van der Waals surface area contributed by atoms with Crippen molar-refractivity contribution in [3.8, 4) is 0 Å². The molecule has 0 heterocycles. The molecule has 1 unspecified atom stereocenters. The standard InChI is InChI=1S/C18H21N2O/c1-20(2)14-16(13-19-17-11-7-4-8-12-17)18(21)15-9-5-3-6-10-15/h3-12,14,16,19H,13H2,1-2H3/q+1. The SMILES string of the molecule is C[N+](C)=CC(CNc1ccccc1)C(=O)c1ccccc1. The summed E-state index contributed by atoms with van der Waals surface area (Å²) in [6.07, 6.45) is 1.95. The molecule has 0 saturated carbocycles. The Balaban J connectivity index is 2.12. The first kappa shape index (κ1) is 15.0. The van der Waals surface area contributed by atoms with E-state index in [1.165, 1.54) is 0 Å². The van der Waals surface area contributed by atoms with Crippen molar-refractivity contribution >= 4 is 17.7 Å². The summed E-state index contributed by atoms with van der Waals surface area (Å²) in [5.74, 6) is -0.0599. The zero-order valence-electron chi connectivity index (χ0n) is 12.5. The van der Waals surface area contributed by atoms with Crippen LogP contribution >= 0.6 is 0 Å². The van der Waals surface area contributed by atoms with E-state index >= 15 is 0 Å². The minimum atomic E-state index is -0.192. The molecule has 3 heteroatoms. The van der Waals surface area contributed by atoms with Gasteiger partial charge < -0.3 is 5.32 Å². The van der Waals surface area contributed by atoms with Crippen LogP contribution in [0.2, 0.25) is 0 Å². The van der Waals surface area contributed by atoms with Gasteiger partial charge in [0.2, 0.25) is 0 Å². The van der Waals surface area contributed by atoms with Crippen LogP contribution in [0, 0.1) is 5.92 Å². The highest BCUT2D eigenvalue weighted by atomic mass is 16.1. The molecule has 0 saturated heterocycles. The van der Waals surface area contributed by atoms with Gasteiger partial charge in [-0.05, 0) is 12.1 Å². The summed E-state index contributed by atoms with van der Waals surface area (Å²) in [6.45, 7) is 0.579. The maximum absolute atomic E-state index is 12.6. The molecule has 0 amide bonds. The third-order valence-electron chi connectivity index (χ3n) is 3.17. The molecular weight excluding hydrogens is 260 g/mol. The molecule has 0 aliphatic rings. The van der Waals surface area contributed by atoms with E-state index in [1.807, 2.05) is 85.5 Å². The molecule has 1 N–H and O–H groups in total. The molecule has 2 aromatic carbocycles. The van der Waals surface area contributed by atoms with Crippen LogP contribution in [0.5, 0.6) is 0 Å². The van der Waals surface area contributed by atoms with Crippen molar-refractivity contribution in [2.45, 2.75) is 0 Å². The predicted octanol–water partition coefficient (Wildman–Crippen LogP) is 2.94. The van der Waals surface area contributed by atoms with Crippen LogP contribution in [-0.2, 0) is 0 Å². The molecule has 2 rings (SSSR count). The number of hydrogen-bond donors (Lipinski definition) is 1. The van der Waals surface area contributed by atoms with Gasteiger partial charge in [-0.1, -0.05) is 48.5 Å². The van der Waals surface area contributed by atoms with Crippen LogP contribution in [0.25, 0.3) is 0 Å². The van der Waals surface area contributed by atoms with Gasteiger partial charge in [0, 0.05) is 17.8 Å². The minimum absolute atomic E-state index is 0.132. The summed E-state index contributed by atoms with van der Waals surface area (Å²) in [6, 6.07) is 19.4. The molecule has 21 heavy (non-hydrogen) atoms. The van der Waals surface area contributed by atoms with Crippen molar-refractivity contribution in [3.05, 3.63) is 66.2 Å². The van der Waals surface area contributed by atoms with Crippen molar-refractivity contribution in [3.63, 3.8) is 0 Å². The molecule has 0 aromatic heterocycles. The first-order chi connectivity index (χ1) is 10.2. The Morgan fingerprint density at radius 2 is 1.62 bits per heavy atom. The highest BCUT2D eigenvalue weighted by Gasteiger charge is 2.21. The van der Waals surface area contributed by atoms with Crippen LogP contribution < -0.4 is 5.32 Å². The fraction of sp³-hybridized carbons (Fsp3) is 0.222. The molecule has 0 fully saturated rings. The second kappa shape index (κ2) is 7.39. The van der Waals surface area contributed by atoms with Gasteiger partial charge in [0.15, 0.2) is 12.0 Å². The van der Waals surface area contributed by atoms with E-state index < -0.39 is 0 Å². The Morgan fingerprint density at radius 3 is 2.19 bits per heavy atom. The van der Waals surface area contributed by atoms with E-state index in [-0.39, 0.29) is 11.7 Å². The molecule has 108 valence electrons. The quantitative estimate of drug-likeness (QED) is 0.501. The summed E-state index contributed by atoms with van der Waals surface area (Å²) < 4.78 is 1.93.